The molecule has 6 heteroatoms. The van der Waals surface area contributed by atoms with Crippen LogP contribution in [0.3, 0.4) is 0 Å². The molecule has 4 rings (SSSR count). The molecule has 28 heavy (non-hydrogen) atoms. The van der Waals surface area contributed by atoms with E-state index in [1.807, 2.05) is 12.1 Å². The van der Waals surface area contributed by atoms with Crippen molar-refractivity contribution in [2.45, 2.75) is 12.8 Å². The Morgan fingerprint density at radius 2 is 2.00 bits per heavy atom. The summed E-state index contributed by atoms with van der Waals surface area (Å²) in [5.74, 6) is 0.740. The lowest BCUT2D eigenvalue weighted by Gasteiger charge is -2.22. The fraction of sp³-hybridized carbons (Fsp3) is 0.273. The van der Waals surface area contributed by atoms with Crippen LogP contribution in [0, 0.1) is 11.7 Å². The van der Waals surface area contributed by atoms with Crippen LogP contribution in [-0.4, -0.2) is 30.6 Å². The van der Waals surface area contributed by atoms with Crippen LogP contribution in [0.1, 0.15) is 23.2 Å². The van der Waals surface area contributed by atoms with Gasteiger partial charge in [0.15, 0.2) is 5.76 Å². The van der Waals surface area contributed by atoms with Gasteiger partial charge in [-0.3, -0.25) is 4.79 Å². The Bertz CT molecular complexity index is 946. The smallest absolute Gasteiger partial charge is 0.252 e. The van der Waals surface area contributed by atoms with Crippen LogP contribution in [0.25, 0.3) is 22.8 Å². The van der Waals surface area contributed by atoms with Crippen LogP contribution in [-0.2, 0) is 4.74 Å². The van der Waals surface area contributed by atoms with E-state index >= 15 is 0 Å². The quantitative estimate of drug-likeness (QED) is 0.717. The van der Waals surface area contributed by atoms with Crippen LogP contribution < -0.4 is 5.32 Å². The van der Waals surface area contributed by atoms with Crippen LogP contribution in [0.2, 0.25) is 0 Å². The topological polar surface area (TPSA) is 64.4 Å². The largest absolute Gasteiger partial charge is 0.436 e. The highest BCUT2D eigenvalue weighted by Crippen LogP contribution is 2.28. The number of nitrogens with one attached hydrogen (secondary N) is 1. The second-order valence-corrected chi connectivity index (χ2v) is 6.88. The van der Waals surface area contributed by atoms with Gasteiger partial charge in [0.2, 0.25) is 5.89 Å². The number of rotatable bonds is 5. The molecule has 0 radical (unpaired) electrons. The average Bonchev–Trinajstić information content (AvgIpc) is 3.23. The molecule has 1 atom stereocenters. The normalized spacial score (nSPS) is 16.7. The molecule has 1 fully saturated rings. The van der Waals surface area contributed by atoms with Crippen molar-refractivity contribution in [1.82, 2.24) is 10.3 Å². The predicted octanol–water partition coefficient (Wildman–Crippen LogP) is 4.30. The molecule has 2 heterocycles. The summed E-state index contributed by atoms with van der Waals surface area (Å²) in [6, 6.07) is 13.2. The van der Waals surface area contributed by atoms with Gasteiger partial charge in [-0.2, -0.15) is 0 Å². The average molecular weight is 380 g/mol. The van der Waals surface area contributed by atoms with Crippen molar-refractivity contribution >= 4 is 5.91 Å². The first-order valence-electron chi connectivity index (χ1n) is 9.38. The number of carbonyl (C=O) groups is 1. The molecule has 1 N–H and O–H groups in total. The van der Waals surface area contributed by atoms with Gasteiger partial charge in [-0.1, -0.05) is 12.1 Å². The maximum atomic E-state index is 13.1. The molecular formula is C22H21FN2O3. The third-order valence-corrected chi connectivity index (χ3v) is 4.84. The Morgan fingerprint density at radius 3 is 2.79 bits per heavy atom. The first-order chi connectivity index (χ1) is 13.7. The first kappa shape index (κ1) is 18.4. The van der Waals surface area contributed by atoms with Gasteiger partial charge in [0.25, 0.3) is 5.91 Å². The Morgan fingerprint density at radius 1 is 1.18 bits per heavy atom. The number of benzene rings is 2. The predicted molar refractivity (Wildman–Crippen MR) is 103 cm³/mol. The van der Waals surface area contributed by atoms with Crippen molar-refractivity contribution in [2.75, 3.05) is 19.8 Å². The molecule has 5 nitrogen and oxygen atoms in total. The maximum absolute atomic E-state index is 13.1. The molecule has 2 aromatic carbocycles. The second-order valence-electron chi connectivity index (χ2n) is 6.88. The molecule has 144 valence electrons. The minimum atomic E-state index is -0.311. The van der Waals surface area contributed by atoms with E-state index in [9.17, 15) is 9.18 Å². The Kier molecular flexibility index (Phi) is 5.48. The first-order valence-corrected chi connectivity index (χ1v) is 9.38. The standard InChI is InChI=1S/C22H21FN2O3/c23-17-9-7-16(8-10-17)20-13-25-22(28-20)19-6-2-1-5-18(19)21(26)24-12-15-4-3-11-27-14-15/h1-2,5-10,13,15H,3-4,11-12,14H2,(H,24,26)/t15-/m1/s1. The van der Waals surface area contributed by atoms with E-state index in [1.165, 1.54) is 12.1 Å². The molecule has 3 aromatic rings. The van der Waals surface area contributed by atoms with E-state index in [0.29, 0.717) is 41.8 Å². The van der Waals surface area contributed by atoms with Crippen LogP contribution in [0.15, 0.2) is 59.1 Å². The van der Waals surface area contributed by atoms with E-state index in [4.69, 9.17) is 9.15 Å². The van der Waals surface area contributed by atoms with Crippen molar-refractivity contribution in [3.05, 3.63) is 66.1 Å². The number of nitrogens with zero attached hydrogens (tertiary/aromatic N) is 1. The minimum absolute atomic E-state index is 0.164. The molecule has 0 saturated carbocycles. The highest BCUT2D eigenvalue weighted by molar-refractivity contribution is 6.00. The summed E-state index contributed by atoms with van der Waals surface area (Å²) >= 11 is 0. The third kappa shape index (κ3) is 4.12. The summed E-state index contributed by atoms with van der Waals surface area (Å²) in [6.07, 6.45) is 3.67. The highest BCUT2D eigenvalue weighted by atomic mass is 19.1. The molecule has 0 aliphatic carbocycles. The van der Waals surface area contributed by atoms with Crippen LogP contribution >= 0.6 is 0 Å². The van der Waals surface area contributed by atoms with Crippen molar-refractivity contribution in [3.8, 4) is 22.8 Å². The number of ether oxygens (including phenoxy) is 1. The lowest BCUT2D eigenvalue weighted by atomic mass is 10.0. The molecule has 1 amide bonds. The fourth-order valence-electron chi connectivity index (χ4n) is 3.31. The van der Waals surface area contributed by atoms with Crippen molar-refractivity contribution in [1.29, 1.82) is 0 Å². The zero-order valence-corrected chi connectivity index (χ0v) is 15.4. The summed E-state index contributed by atoms with van der Waals surface area (Å²) in [4.78, 5) is 17.1. The molecule has 1 aliphatic rings. The Balaban J connectivity index is 1.52. The van der Waals surface area contributed by atoms with E-state index in [0.717, 1.165) is 25.0 Å². The van der Waals surface area contributed by atoms with Crippen molar-refractivity contribution < 1.29 is 18.3 Å². The molecule has 0 spiro atoms. The van der Waals surface area contributed by atoms with Gasteiger partial charge in [-0.15, -0.1) is 0 Å². The lowest BCUT2D eigenvalue weighted by molar-refractivity contribution is 0.0536. The summed E-state index contributed by atoms with van der Waals surface area (Å²) < 4.78 is 24.4. The molecule has 1 aromatic heterocycles. The Labute approximate surface area is 162 Å². The lowest BCUT2D eigenvalue weighted by Crippen LogP contribution is -2.33. The molecule has 0 bridgehead atoms. The van der Waals surface area contributed by atoms with E-state index in [-0.39, 0.29) is 11.7 Å². The maximum Gasteiger partial charge on any atom is 0.252 e. The van der Waals surface area contributed by atoms with Gasteiger partial charge >= 0.3 is 0 Å². The number of amides is 1. The van der Waals surface area contributed by atoms with E-state index in [1.54, 1.807) is 30.5 Å². The zero-order valence-electron chi connectivity index (χ0n) is 15.4. The number of hydrogen-bond acceptors (Lipinski definition) is 4. The van der Waals surface area contributed by atoms with Crippen molar-refractivity contribution in [3.63, 3.8) is 0 Å². The number of carbonyl (C=O) groups excluding carboxylic acids is 1. The molecular weight excluding hydrogens is 359 g/mol. The second kappa shape index (κ2) is 8.35. The molecule has 1 aliphatic heterocycles. The van der Waals surface area contributed by atoms with Gasteiger partial charge in [-0.25, -0.2) is 9.37 Å². The number of oxazole rings is 1. The van der Waals surface area contributed by atoms with E-state index in [2.05, 4.69) is 10.3 Å². The summed E-state index contributed by atoms with van der Waals surface area (Å²) in [6.45, 7) is 2.07. The number of hydrogen-bond donors (Lipinski definition) is 1. The SMILES string of the molecule is O=C(NC[C@H]1CCCOC1)c1ccccc1-c1ncc(-c2ccc(F)cc2)o1. The van der Waals surface area contributed by atoms with E-state index < -0.39 is 0 Å². The Hall–Kier alpha value is -2.99. The van der Waals surface area contributed by atoms with Gasteiger partial charge in [0, 0.05) is 24.3 Å². The van der Waals surface area contributed by atoms with Gasteiger partial charge < -0.3 is 14.5 Å². The third-order valence-electron chi connectivity index (χ3n) is 4.84. The summed E-state index contributed by atoms with van der Waals surface area (Å²) in [5, 5.41) is 2.99. The van der Waals surface area contributed by atoms with Gasteiger partial charge in [-0.05, 0) is 55.2 Å². The fourth-order valence-corrected chi connectivity index (χ4v) is 3.31. The molecule has 0 unspecified atom stereocenters. The van der Waals surface area contributed by atoms with Crippen molar-refractivity contribution in [2.24, 2.45) is 5.92 Å². The van der Waals surface area contributed by atoms with Gasteiger partial charge in [0.05, 0.1) is 18.4 Å². The molecule has 1 saturated heterocycles. The number of halogens is 1. The summed E-state index contributed by atoms with van der Waals surface area (Å²) in [5.41, 5.74) is 1.85. The van der Waals surface area contributed by atoms with Crippen LogP contribution in [0.4, 0.5) is 4.39 Å². The van der Waals surface area contributed by atoms with Gasteiger partial charge in [0.1, 0.15) is 5.82 Å². The highest BCUT2D eigenvalue weighted by Gasteiger charge is 2.19. The minimum Gasteiger partial charge on any atom is -0.436 e. The monoisotopic (exact) mass is 380 g/mol. The summed E-state index contributed by atoms with van der Waals surface area (Å²) in [7, 11) is 0. The van der Waals surface area contributed by atoms with Crippen LogP contribution in [0.5, 0.6) is 0 Å². The zero-order chi connectivity index (χ0) is 19.3. The number of aromatic nitrogens is 1.